The summed E-state index contributed by atoms with van der Waals surface area (Å²) in [5, 5.41) is 3.34. The number of carbonyl (C=O) groups is 2. The fourth-order valence-electron chi connectivity index (χ4n) is 4.61. The smallest absolute Gasteiger partial charge is 0.264 e. The molecule has 0 saturated heterocycles. The van der Waals surface area contributed by atoms with Crippen LogP contribution >= 0.6 is 11.6 Å². The zero-order valence-corrected chi connectivity index (χ0v) is 26.1. The van der Waals surface area contributed by atoms with Crippen molar-refractivity contribution in [1.29, 1.82) is 0 Å². The molecule has 0 saturated carbocycles. The number of hydrogen-bond acceptors (Lipinski definition) is 4. The summed E-state index contributed by atoms with van der Waals surface area (Å²) in [5.41, 5.74) is 3.61. The first-order chi connectivity index (χ1) is 19.5. The molecule has 0 aromatic heterocycles. The molecule has 0 bridgehead atoms. The third-order valence-corrected chi connectivity index (χ3v) is 9.40. The van der Waals surface area contributed by atoms with E-state index in [9.17, 15) is 18.0 Å². The number of benzene rings is 3. The highest BCUT2D eigenvalue weighted by Gasteiger charge is 2.34. The van der Waals surface area contributed by atoms with Crippen molar-refractivity contribution >= 4 is 39.1 Å². The predicted molar refractivity (Wildman–Crippen MR) is 166 cm³/mol. The molecule has 0 aliphatic carbocycles. The standard InChI is InChI=1S/C32H40ClN3O4S/c1-6-8-20-34-32(38)29(7-2)35(21-26-13-10-9-12-24(26)4)31(37)22-36(30-15-11-14-28(33)25(30)5)41(39,40)27-18-16-23(3)17-19-27/h9-19,29H,6-8,20-22H2,1-5H3,(H,34,38)/t29-/m0/s1. The number of nitrogens with one attached hydrogen (secondary N) is 1. The molecule has 1 N–H and O–H groups in total. The van der Waals surface area contributed by atoms with Crippen LogP contribution < -0.4 is 9.62 Å². The maximum Gasteiger partial charge on any atom is 0.264 e. The van der Waals surface area contributed by atoms with Gasteiger partial charge in [-0.25, -0.2) is 8.42 Å². The van der Waals surface area contributed by atoms with E-state index in [1.165, 1.54) is 17.0 Å². The molecule has 9 heteroatoms. The molecule has 3 aromatic rings. The van der Waals surface area contributed by atoms with E-state index in [4.69, 9.17) is 11.6 Å². The molecule has 0 fully saturated rings. The van der Waals surface area contributed by atoms with Gasteiger partial charge in [0.1, 0.15) is 12.6 Å². The topological polar surface area (TPSA) is 86.8 Å². The van der Waals surface area contributed by atoms with Gasteiger partial charge in [0.15, 0.2) is 0 Å². The van der Waals surface area contributed by atoms with Crippen LogP contribution in [0, 0.1) is 20.8 Å². The lowest BCUT2D eigenvalue weighted by Crippen LogP contribution is -2.52. The normalized spacial score (nSPS) is 12.0. The number of aryl methyl sites for hydroxylation is 2. The summed E-state index contributed by atoms with van der Waals surface area (Å²) in [6, 6.07) is 18.4. The Balaban J connectivity index is 2.09. The second kappa shape index (κ2) is 14.5. The maximum absolute atomic E-state index is 14.2. The number of amides is 2. The number of sulfonamides is 1. The lowest BCUT2D eigenvalue weighted by molar-refractivity contribution is -0.140. The van der Waals surface area contributed by atoms with Crippen LogP contribution in [0.15, 0.2) is 71.6 Å². The van der Waals surface area contributed by atoms with E-state index in [2.05, 4.69) is 5.32 Å². The molecular formula is C32H40ClN3O4S. The lowest BCUT2D eigenvalue weighted by Gasteiger charge is -2.34. The molecule has 0 heterocycles. The summed E-state index contributed by atoms with van der Waals surface area (Å²) in [6.45, 7) is 9.61. The third kappa shape index (κ3) is 7.89. The number of anilines is 1. The summed E-state index contributed by atoms with van der Waals surface area (Å²) in [4.78, 5) is 29.1. The van der Waals surface area contributed by atoms with Crippen molar-refractivity contribution < 1.29 is 18.0 Å². The summed E-state index contributed by atoms with van der Waals surface area (Å²) < 4.78 is 29.2. The number of unbranched alkanes of at least 4 members (excludes halogenated alkanes) is 1. The fourth-order valence-corrected chi connectivity index (χ4v) is 6.25. The molecule has 0 spiro atoms. The highest BCUT2D eigenvalue weighted by atomic mass is 35.5. The Hall–Kier alpha value is -3.36. The van der Waals surface area contributed by atoms with Crippen molar-refractivity contribution in [1.82, 2.24) is 10.2 Å². The zero-order valence-electron chi connectivity index (χ0n) is 24.5. The van der Waals surface area contributed by atoms with Crippen LogP contribution in [0.3, 0.4) is 0 Å². The Morgan fingerprint density at radius 2 is 1.61 bits per heavy atom. The monoisotopic (exact) mass is 597 g/mol. The number of halogens is 1. The SMILES string of the molecule is CCCCNC(=O)[C@H](CC)N(Cc1ccccc1C)C(=O)CN(c1cccc(Cl)c1C)S(=O)(=O)c1ccc(C)cc1. The second-order valence-electron chi connectivity index (χ2n) is 10.2. The first-order valence-electron chi connectivity index (χ1n) is 14.0. The summed E-state index contributed by atoms with van der Waals surface area (Å²) in [7, 11) is -4.16. The Morgan fingerprint density at radius 3 is 2.24 bits per heavy atom. The van der Waals surface area contributed by atoms with E-state index < -0.39 is 28.5 Å². The quantitative estimate of drug-likeness (QED) is 0.238. The molecular weight excluding hydrogens is 558 g/mol. The fraction of sp³-hybridized carbons (Fsp3) is 0.375. The summed E-state index contributed by atoms with van der Waals surface area (Å²) in [6.07, 6.45) is 2.12. The Kier molecular flexibility index (Phi) is 11.4. The zero-order chi connectivity index (χ0) is 30.2. The minimum atomic E-state index is -4.16. The lowest BCUT2D eigenvalue weighted by atomic mass is 10.1. The predicted octanol–water partition coefficient (Wildman–Crippen LogP) is 6.18. The van der Waals surface area contributed by atoms with Gasteiger partial charge in [0.2, 0.25) is 11.8 Å². The largest absolute Gasteiger partial charge is 0.354 e. The van der Waals surface area contributed by atoms with Gasteiger partial charge in [0.05, 0.1) is 10.6 Å². The molecule has 3 rings (SSSR count). The van der Waals surface area contributed by atoms with Gasteiger partial charge in [-0.15, -0.1) is 0 Å². The molecule has 0 radical (unpaired) electrons. The van der Waals surface area contributed by atoms with Gasteiger partial charge in [0, 0.05) is 18.1 Å². The maximum atomic E-state index is 14.2. The average molecular weight is 598 g/mol. The van der Waals surface area contributed by atoms with Crippen LogP contribution in [0.25, 0.3) is 0 Å². The van der Waals surface area contributed by atoms with Crippen LogP contribution in [0.4, 0.5) is 5.69 Å². The van der Waals surface area contributed by atoms with Gasteiger partial charge in [-0.2, -0.15) is 0 Å². The number of carbonyl (C=O) groups excluding carboxylic acids is 2. The molecule has 3 aromatic carbocycles. The van der Waals surface area contributed by atoms with Crippen molar-refractivity contribution in [3.63, 3.8) is 0 Å². The van der Waals surface area contributed by atoms with Crippen LogP contribution in [0.5, 0.6) is 0 Å². The van der Waals surface area contributed by atoms with E-state index >= 15 is 0 Å². The number of hydrogen-bond donors (Lipinski definition) is 1. The second-order valence-corrected chi connectivity index (χ2v) is 12.5. The first-order valence-corrected chi connectivity index (χ1v) is 15.8. The minimum Gasteiger partial charge on any atom is -0.354 e. The van der Waals surface area contributed by atoms with Crippen molar-refractivity contribution in [3.05, 3.63) is 94.0 Å². The van der Waals surface area contributed by atoms with Crippen molar-refractivity contribution in [2.24, 2.45) is 0 Å². The minimum absolute atomic E-state index is 0.0603. The Morgan fingerprint density at radius 1 is 0.927 bits per heavy atom. The highest BCUT2D eigenvalue weighted by molar-refractivity contribution is 7.92. The van der Waals surface area contributed by atoms with Crippen molar-refractivity contribution in [2.75, 3.05) is 17.4 Å². The average Bonchev–Trinajstić information content (AvgIpc) is 2.94. The molecule has 2 amide bonds. The van der Waals surface area contributed by atoms with Crippen molar-refractivity contribution in [2.45, 2.75) is 71.4 Å². The van der Waals surface area contributed by atoms with E-state index in [0.29, 0.717) is 29.2 Å². The summed E-state index contributed by atoms with van der Waals surface area (Å²) >= 11 is 6.40. The molecule has 0 aliphatic heterocycles. The Labute approximate surface area is 249 Å². The molecule has 7 nitrogen and oxygen atoms in total. The highest BCUT2D eigenvalue weighted by Crippen LogP contribution is 2.31. The van der Waals surface area contributed by atoms with Crippen LogP contribution in [0.1, 0.15) is 55.4 Å². The van der Waals surface area contributed by atoms with Gasteiger partial charge < -0.3 is 10.2 Å². The molecule has 220 valence electrons. The van der Waals surface area contributed by atoms with E-state index in [0.717, 1.165) is 33.8 Å². The van der Waals surface area contributed by atoms with Crippen molar-refractivity contribution in [3.8, 4) is 0 Å². The van der Waals surface area contributed by atoms with Gasteiger partial charge in [-0.1, -0.05) is 79.9 Å². The molecule has 41 heavy (non-hydrogen) atoms. The molecule has 1 atom stereocenters. The van der Waals surface area contributed by atoms with E-state index in [-0.39, 0.29) is 17.3 Å². The summed E-state index contributed by atoms with van der Waals surface area (Å²) in [5.74, 6) is -0.740. The van der Waals surface area contributed by atoms with E-state index in [1.54, 1.807) is 37.3 Å². The third-order valence-electron chi connectivity index (χ3n) is 7.21. The van der Waals surface area contributed by atoms with Gasteiger partial charge in [0.25, 0.3) is 10.0 Å². The Bertz CT molecular complexity index is 1460. The molecule has 0 aliphatic rings. The first kappa shape index (κ1) is 32.2. The van der Waals surface area contributed by atoms with Gasteiger partial charge in [-0.3, -0.25) is 13.9 Å². The van der Waals surface area contributed by atoms with E-state index in [1.807, 2.05) is 52.0 Å². The molecule has 0 unspecified atom stereocenters. The van der Waals surface area contributed by atoms with Crippen LogP contribution in [-0.4, -0.2) is 44.3 Å². The number of rotatable bonds is 13. The van der Waals surface area contributed by atoms with Gasteiger partial charge >= 0.3 is 0 Å². The number of nitrogens with zero attached hydrogens (tertiary/aromatic N) is 2. The van der Waals surface area contributed by atoms with Crippen LogP contribution in [-0.2, 0) is 26.2 Å². The van der Waals surface area contributed by atoms with Gasteiger partial charge in [-0.05, 0) is 74.6 Å². The van der Waals surface area contributed by atoms with Crippen LogP contribution in [0.2, 0.25) is 5.02 Å².